The second-order valence-corrected chi connectivity index (χ2v) is 5.96. The van der Waals surface area contributed by atoms with Crippen LogP contribution in [0.5, 0.6) is 0 Å². The van der Waals surface area contributed by atoms with Gasteiger partial charge in [-0.1, -0.05) is 42.1 Å². The second kappa shape index (κ2) is 5.02. The van der Waals surface area contributed by atoms with Gasteiger partial charge in [0.05, 0.1) is 5.54 Å². The Bertz CT molecular complexity index is 612. The molecule has 2 N–H and O–H groups in total. The van der Waals surface area contributed by atoms with Gasteiger partial charge in [-0.3, -0.25) is 0 Å². The van der Waals surface area contributed by atoms with Crippen LogP contribution < -0.4 is 5.73 Å². The molecule has 0 radical (unpaired) electrons. The largest absolute Gasteiger partial charge is 0.334 e. The van der Waals surface area contributed by atoms with Gasteiger partial charge in [0.1, 0.15) is 0 Å². The first-order valence-corrected chi connectivity index (χ1v) is 7.29. The van der Waals surface area contributed by atoms with Gasteiger partial charge in [-0.2, -0.15) is 4.98 Å². The van der Waals surface area contributed by atoms with Gasteiger partial charge in [0, 0.05) is 5.56 Å². The van der Waals surface area contributed by atoms with E-state index in [4.69, 9.17) is 10.3 Å². The van der Waals surface area contributed by atoms with Crippen LogP contribution in [0.15, 0.2) is 22.7 Å². The van der Waals surface area contributed by atoms with Crippen molar-refractivity contribution in [2.45, 2.75) is 51.5 Å². The standard InChI is InChI=1S/C16H21N3O/c1-11-6-7-12(2)13(10-11)14-18-15(19-20-14)16(17)8-4-3-5-9-16/h6-7,10H,3-5,8-9,17H2,1-2H3. The van der Waals surface area contributed by atoms with Gasteiger partial charge in [0.2, 0.25) is 0 Å². The predicted molar refractivity (Wildman–Crippen MR) is 78.2 cm³/mol. The van der Waals surface area contributed by atoms with Crippen LogP contribution in [-0.4, -0.2) is 10.1 Å². The molecular weight excluding hydrogens is 250 g/mol. The molecule has 1 heterocycles. The first kappa shape index (κ1) is 13.3. The van der Waals surface area contributed by atoms with Crippen LogP contribution in [-0.2, 0) is 5.54 Å². The van der Waals surface area contributed by atoms with Crippen molar-refractivity contribution >= 4 is 0 Å². The Balaban J connectivity index is 1.95. The molecule has 4 heteroatoms. The van der Waals surface area contributed by atoms with Gasteiger partial charge in [-0.15, -0.1) is 0 Å². The van der Waals surface area contributed by atoms with E-state index < -0.39 is 5.54 Å². The topological polar surface area (TPSA) is 64.9 Å². The maximum absolute atomic E-state index is 6.45. The Morgan fingerprint density at radius 1 is 1.15 bits per heavy atom. The number of aryl methyl sites for hydroxylation is 2. The van der Waals surface area contributed by atoms with Crippen LogP contribution in [0.2, 0.25) is 0 Å². The van der Waals surface area contributed by atoms with Gasteiger partial charge in [-0.05, 0) is 38.3 Å². The Hall–Kier alpha value is -1.68. The van der Waals surface area contributed by atoms with Crippen LogP contribution in [0, 0.1) is 13.8 Å². The summed E-state index contributed by atoms with van der Waals surface area (Å²) in [5, 5.41) is 4.15. The molecule has 0 unspecified atom stereocenters. The van der Waals surface area contributed by atoms with E-state index in [1.807, 2.05) is 0 Å². The molecule has 2 aromatic rings. The SMILES string of the molecule is Cc1ccc(C)c(-c2nc(C3(N)CCCCC3)no2)c1. The summed E-state index contributed by atoms with van der Waals surface area (Å²) >= 11 is 0. The molecule has 0 bridgehead atoms. The van der Waals surface area contributed by atoms with Crippen LogP contribution >= 0.6 is 0 Å². The lowest BCUT2D eigenvalue weighted by molar-refractivity contribution is 0.275. The van der Waals surface area contributed by atoms with Crippen LogP contribution in [0.1, 0.15) is 49.1 Å². The lowest BCUT2D eigenvalue weighted by atomic mass is 9.82. The monoisotopic (exact) mass is 271 g/mol. The van der Waals surface area contributed by atoms with E-state index in [1.165, 1.54) is 12.0 Å². The molecule has 4 nitrogen and oxygen atoms in total. The minimum Gasteiger partial charge on any atom is -0.334 e. The van der Waals surface area contributed by atoms with Crippen molar-refractivity contribution in [3.63, 3.8) is 0 Å². The Morgan fingerprint density at radius 3 is 2.65 bits per heavy atom. The molecule has 3 rings (SSSR count). The third-order valence-corrected chi connectivity index (χ3v) is 4.24. The van der Waals surface area contributed by atoms with E-state index in [0.29, 0.717) is 11.7 Å². The van der Waals surface area contributed by atoms with Crippen LogP contribution in [0.3, 0.4) is 0 Å². The summed E-state index contributed by atoms with van der Waals surface area (Å²) in [6.07, 6.45) is 5.42. The molecule has 0 aliphatic heterocycles. The lowest BCUT2D eigenvalue weighted by Crippen LogP contribution is -2.39. The fourth-order valence-corrected chi connectivity index (χ4v) is 2.91. The smallest absolute Gasteiger partial charge is 0.258 e. The van der Waals surface area contributed by atoms with Gasteiger partial charge in [0.25, 0.3) is 5.89 Å². The third kappa shape index (κ3) is 2.36. The zero-order chi connectivity index (χ0) is 14.2. The molecule has 106 valence electrons. The zero-order valence-electron chi connectivity index (χ0n) is 12.1. The van der Waals surface area contributed by atoms with E-state index in [1.54, 1.807) is 0 Å². The van der Waals surface area contributed by atoms with Crippen molar-refractivity contribution in [1.82, 2.24) is 10.1 Å². The minimum atomic E-state index is -0.405. The Morgan fingerprint density at radius 2 is 1.90 bits per heavy atom. The lowest BCUT2D eigenvalue weighted by Gasteiger charge is -2.29. The molecule has 0 amide bonds. The van der Waals surface area contributed by atoms with Crippen molar-refractivity contribution in [1.29, 1.82) is 0 Å². The molecule has 0 saturated heterocycles. The van der Waals surface area contributed by atoms with Crippen molar-refractivity contribution < 1.29 is 4.52 Å². The van der Waals surface area contributed by atoms with Crippen molar-refractivity contribution in [3.8, 4) is 11.5 Å². The summed E-state index contributed by atoms with van der Waals surface area (Å²) in [4.78, 5) is 4.58. The fourth-order valence-electron chi connectivity index (χ4n) is 2.91. The maximum atomic E-state index is 6.45. The molecule has 1 saturated carbocycles. The number of benzene rings is 1. The van der Waals surface area contributed by atoms with Gasteiger partial charge in [0.15, 0.2) is 5.82 Å². The summed E-state index contributed by atoms with van der Waals surface area (Å²) in [6, 6.07) is 6.24. The second-order valence-electron chi connectivity index (χ2n) is 5.96. The molecule has 1 aliphatic carbocycles. The average Bonchev–Trinajstić information content (AvgIpc) is 2.93. The Labute approximate surface area is 119 Å². The highest BCUT2D eigenvalue weighted by Crippen LogP contribution is 2.34. The molecule has 1 fully saturated rings. The molecule has 20 heavy (non-hydrogen) atoms. The summed E-state index contributed by atoms with van der Waals surface area (Å²) in [7, 11) is 0. The van der Waals surface area contributed by atoms with Crippen LogP contribution in [0.4, 0.5) is 0 Å². The van der Waals surface area contributed by atoms with Gasteiger partial charge < -0.3 is 10.3 Å². The highest BCUT2D eigenvalue weighted by atomic mass is 16.5. The summed E-state index contributed by atoms with van der Waals surface area (Å²) in [6.45, 7) is 4.11. The number of rotatable bonds is 2. The normalized spacial score (nSPS) is 18.1. The summed E-state index contributed by atoms with van der Waals surface area (Å²) < 4.78 is 5.46. The first-order chi connectivity index (χ1) is 9.58. The van der Waals surface area contributed by atoms with Crippen LogP contribution in [0.25, 0.3) is 11.5 Å². The zero-order valence-corrected chi connectivity index (χ0v) is 12.1. The first-order valence-electron chi connectivity index (χ1n) is 7.29. The maximum Gasteiger partial charge on any atom is 0.258 e. The summed E-state index contributed by atoms with van der Waals surface area (Å²) in [5.41, 5.74) is 9.38. The van der Waals surface area contributed by atoms with Crippen molar-refractivity contribution in [2.75, 3.05) is 0 Å². The van der Waals surface area contributed by atoms with E-state index in [9.17, 15) is 0 Å². The van der Waals surface area contributed by atoms with Crippen molar-refractivity contribution in [3.05, 3.63) is 35.2 Å². The number of nitrogens with two attached hydrogens (primary N) is 1. The number of aromatic nitrogens is 2. The molecular formula is C16H21N3O. The molecule has 0 spiro atoms. The van der Waals surface area contributed by atoms with E-state index in [-0.39, 0.29) is 0 Å². The minimum absolute atomic E-state index is 0.405. The average molecular weight is 271 g/mol. The molecule has 1 aromatic carbocycles. The van der Waals surface area contributed by atoms with Gasteiger partial charge >= 0.3 is 0 Å². The van der Waals surface area contributed by atoms with Crippen molar-refractivity contribution in [2.24, 2.45) is 5.73 Å². The number of hydrogen-bond acceptors (Lipinski definition) is 4. The van der Waals surface area contributed by atoms with E-state index in [2.05, 4.69) is 42.2 Å². The van der Waals surface area contributed by atoms with E-state index in [0.717, 1.165) is 36.8 Å². The predicted octanol–water partition coefficient (Wildman–Crippen LogP) is 3.47. The quantitative estimate of drug-likeness (QED) is 0.908. The molecule has 0 atom stereocenters. The Kier molecular flexibility index (Phi) is 3.34. The third-order valence-electron chi connectivity index (χ3n) is 4.24. The van der Waals surface area contributed by atoms with Gasteiger partial charge in [-0.25, -0.2) is 0 Å². The number of hydrogen-bond donors (Lipinski definition) is 1. The molecule has 1 aliphatic rings. The van der Waals surface area contributed by atoms with E-state index >= 15 is 0 Å². The fraction of sp³-hybridized carbons (Fsp3) is 0.500. The highest BCUT2D eigenvalue weighted by Gasteiger charge is 2.34. The number of nitrogens with zero attached hydrogens (tertiary/aromatic N) is 2. The summed E-state index contributed by atoms with van der Waals surface area (Å²) in [5.74, 6) is 1.24. The highest BCUT2D eigenvalue weighted by molar-refractivity contribution is 5.59. The molecule has 1 aromatic heterocycles.